The van der Waals surface area contributed by atoms with Gasteiger partial charge in [-0.3, -0.25) is 4.79 Å². The number of rotatable bonds is 5. The second kappa shape index (κ2) is 7.22. The maximum Gasteiger partial charge on any atom is 0.233 e. The normalized spacial score (nSPS) is 12.0. The molecule has 5 heteroatoms. The molecule has 0 aliphatic rings. The van der Waals surface area contributed by atoms with Gasteiger partial charge in [-0.25, -0.2) is 9.37 Å². The number of carbonyl (C=O) groups is 1. The predicted octanol–water partition coefficient (Wildman–Crippen LogP) is 3.53. The van der Waals surface area contributed by atoms with Gasteiger partial charge in [0.2, 0.25) is 5.91 Å². The molecule has 0 saturated carbocycles. The van der Waals surface area contributed by atoms with Crippen molar-refractivity contribution in [1.29, 1.82) is 0 Å². The molecular weight excluding hydrogens is 287 g/mol. The molecule has 0 spiro atoms. The monoisotopic (exact) mass is 304 g/mol. The molecule has 110 valence electrons. The van der Waals surface area contributed by atoms with Gasteiger partial charge in [0.25, 0.3) is 0 Å². The molecule has 1 atom stereocenters. The van der Waals surface area contributed by atoms with E-state index in [4.69, 9.17) is 0 Å². The minimum Gasteiger partial charge on any atom is -0.338 e. The highest BCUT2D eigenvalue weighted by Gasteiger charge is 2.17. The maximum atomic E-state index is 12.9. The maximum absolute atomic E-state index is 12.9. The molecule has 1 aromatic heterocycles. The molecule has 3 nitrogen and oxygen atoms in total. The summed E-state index contributed by atoms with van der Waals surface area (Å²) in [6.07, 6.45) is 1.71. The fourth-order valence-electron chi connectivity index (χ4n) is 1.85. The molecular formula is C16H17FN2OS. The third kappa shape index (κ3) is 4.29. The Kier molecular flexibility index (Phi) is 5.33. The van der Waals surface area contributed by atoms with Gasteiger partial charge in [0.05, 0.1) is 16.8 Å². The van der Waals surface area contributed by atoms with E-state index in [0.717, 1.165) is 10.6 Å². The van der Waals surface area contributed by atoms with E-state index in [2.05, 4.69) is 4.98 Å². The molecule has 1 aromatic carbocycles. The average molecular weight is 304 g/mol. The van der Waals surface area contributed by atoms with Crippen LogP contribution in [0.15, 0.2) is 53.7 Å². The molecule has 1 amide bonds. The highest BCUT2D eigenvalue weighted by atomic mass is 32.2. The summed E-state index contributed by atoms with van der Waals surface area (Å²) in [6, 6.07) is 11.7. The summed E-state index contributed by atoms with van der Waals surface area (Å²) in [7, 11) is 1.76. The van der Waals surface area contributed by atoms with Crippen LogP contribution < -0.4 is 0 Å². The molecule has 0 N–H and O–H groups in total. The number of hydrogen-bond acceptors (Lipinski definition) is 3. The number of nitrogens with zero attached hydrogens (tertiary/aromatic N) is 2. The Morgan fingerprint density at radius 3 is 2.62 bits per heavy atom. The van der Waals surface area contributed by atoms with Crippen molar-refractivity contribution in [3.63, 3.8) is 0 Å². The van der Waals surface area contributed by atoms with Crippen molar-refractivity contribution in [3.05, 3.63) is 60.0 Å². The van der Waals surface area contributed by atoms with Crippen molar-refractivity contribution in [3.8, 4) is 0 Å². The topological polar surface area (TPSA) is 33.2 Å². The molecule has 0 fully saturated rings. The summed E-state index contributed by atoms with van der Waals surface area (Å²) in [5, 5.41) is 0.827. The van der Waals surface area contributed by atoms with Gasteiger partial charge in [-0.05, 0) is 36.8 Å². The summed E-state index contributed by atoms with van der Waals surface area (Å²) in [4.78, 5) is 18.0. The second-order valence-corrected chi connectivity index (χ2v) is 5.68. The van der Waals surface area contributed by atoms with Crippen LogP contribution in [0.5, 0.6) is 0 Å². The Labute approximate surface area is 128 Å². The molecule has 2 aromatic rings. The first-order valence-electron chi connectivity index (χ1n) is 6.63. The zero-order chi connectivity index (χ0) is 15.2. The van der Waals surface area contributed by atoms with E-state index in [1.807, 2.05) is 25.1 Å². The van der Waals surface area contributed by atoms with E-state index >= 15 is 0 Å². The standard InChI is InChI=1S/C16H17FN2OS/c1-12(13-6-8-14(17)9-7-13)19(2)16(20)11-21-15-5-3-4-10-18-15/h3-10,12H,11H2,1-2H3. The molecule has 2 rings (SSSR count). The zero-order valence-corrected chi connectivity index (χ0v) is 12.8. The van der Waals surface area contributed by atoms with Crippen molar-refractivity contribution in [2.24, 2.45) is 0 Å². The van der Waals surface area contributed by atoms with Crippen LogP contribution in [0.3, 0.4) is 0 Å². The Morgan fingerprint density at radius 1 is 1.29 bits per heavy atom. The minimum atomic E-state index is -0.273. The fraction of sp³-hybridized carbons (Fsp3) is 0.250. The van der Waals surface area contributed by atoms with Crippen molar-refractivity contribution in [1.82, 2.24) is 9.88 Å². The van der Waals surface area contributed by atoms with Crippen LogP contribution >= 0.6 is 11.8 Å². The number of aromatic nitrogens is 1. The van der Waals surface area contributed by atoms with Crippen LogP contribution in [0.1, 0.15) is 18.5 Å². The second-order valence-electron chi connectivity index (χ2n) is 4.69. The van der Waals surface area contributed by atoms with E-state index in [-0.39, 0.29) is 17.8 Å². The van der Waals surface area contributed by atoms with Crippen molar-refractivity contribution >= 4 is 17.7 Å². The molecule has 0 aliphatic heterocycles. The largest absolute Gasteiger partial charge is 0.338 e. The first-order chi connectivity index (χ1) is 10.1. The number of amides is 1. The molecule has 0 radical (unpaired) electrons. The smallest absolute Gasteiger partial charge is 0.233 e. The summed E-state index contributed by atoms with van der Waals surface area (Å²) in [5.74, 6) is 0.0760. The van der Waals surface area contributed by atoms with E-state index < -0.39 is 0 Å². The third-order valence-corrected chi connectivity index (χ3v) is 4.24. The Bertz CT molecular complexity index is 589. The van der Waals surface area contributed by atoms with Gasteiger partial charge in [-0.2, -0.15) is 0 Å². The molecule has 0 aliphatic carbocycles. The van der Waals surface area contributed by atoms with Gasteiger partial charge in [-0.15, -0.1) is 0 Å². The average Bonchev–Trinajstić information content (AvgIpc) is 2.53. The number of benzene rings is 1. The van der Waals surface area contributed by atoms with Crippen LogP contribution in [0, 0.1) is 5.82 Å². The SMILES string of the molecule is CC(c1ccc(F)cc1)N(C)C(=O)CSc1ccccn1. The van der Waals surface area contributed by atoms with Crippen LogP contribution in [0.25, 0.3) is 0 Å². The van der Waals surface area contributed by atoms with Crippen LogP contribution in [-0.4, -0.2) is 28.6 Å². The Hall–Kier alpha value is -1.88. The Morgan fingerprint density at radius 2 is 2.00 bits per heavy atom. The van der Waals surface area contributed by atoms with Gasteiger partial charge in [0.1, 0.15) is 5.82 Å². The van der Waals surface area contributed by atoms with Crippen molar-refractivity contribution < 1.29 is 9.18 Å². The Balaban J connectivity index is 1.94. The number of thioether (sulfide) groups is 1. The fourth-order valence-corrected chi connectivity index (χ4v) is 2.64. The molecule has 0 bridgehead atoms. The molecule has 1 heterocycles. The van der Waals surface area contributed by atoms with Gasteiger partial charge >= 0.3 is 0 Å². The molecule has 1 unspecified atom stereocenters. The van der Waals surface area contributed by atoms with Crippen molar-refractivity contribution in [2.45, 2.75) is 18.0 Å². The van der Waals surface area contributed by atoms with E-state index in [1.54, 1.807) is 30.3 Å². The number of halogens is 1. The third-order valence-electron chi connectivity index (χ3n) is 3.31. The lowest BCUT2D eigenvalue weighted by Gasteiger charge is -2.25. The van der Waals surface area contributed by atoms with E-state index in [9.17, 15) is 9.18 Å². The zero-order valence-electron chi connectivity index (χ0n) is 12.0. The van der Waals surface area contributed by atoms with Crippen LogP contribution in [0.4, 0.5) is 4.39 Å². The summed E-state index contributed by atoms with van der Waals surface area (Å²) in [5.41, 5.74) is 0.912. The van der Waals surface area contributed by atoms with E-state index in [0.29, 0.717) is 5.75 Å². The van der Waals surface area contributed by atoms with Gasteiger partial charge < -0.3 is 4.90 Å². The first kappa shape index (κ1) is 15.5. The van der Waals surface area contributed by atoms with E-state index in [1.165, 1.54) is 23.9 Å². The van der Waals surface area contributed by atoms with Crippen molar-refractivity contribution in [2.75, 3.05) is 12.8 Å². The lowest BCUT2D eigenvalue weighted by Crippen LogP contribution is -2.31. The number of hydrogen-bond donors (Lipinski definition) is 0. The number of carbonyl (C=O) groups excluding carboxylic acids is 1. The van der Waals surface area contributed by atoms with Gasteiger partial charge in [-0.1, -0.05) is 30.0 Å². The van der Waals surface area contributed by atoms with Gasteiger partial charge in [0, 0.05) is 13.2 Å². The van der Waals surface area contributed by atoms with Crippen LogP contribution in [0.2, 0.25) is 0 Å². The lowest BCUT2D eigenvalue weighted by atomic mass is 10.1. The lowest BCUT2D eigenvalue weighted by molar-refractivity contribution is -0.128. The summed E-state index contributed by atoms with van der Waals surface area (Å²) >= 11 is 1.41. The highest BCUT2D eigenvalue weighted by molar-refractivity contribution is 7.99. The molecule has 21 heavy (non-hydrogen) atoms. The van der Waals surface area contributed by atoms with Crippen LogP contribution in [-0.2, 0) is 4.79 Å². The number of pyridine rings is 1. The quantitative estimate of drug-likeness (QED) is 0.792. The summed E-state index contributed by atoms with van der Waals surface area (Å²) < 4.78 is 12.9. The minimum absolute atomic E-state index is 0.0162. The van der Waals surface area contributed by atoms with Gasteiger partial charge in [0.15, 0.2) is 0 Å². The first-order valence-corrected chi connectivity index (χ1v) is 7.61. The predicted molar refractivity (Wildman–Crippen MR) is 82.5 cm³/mol. The summed E-state index contributed by atoms with van der Waals surface area (Å²) in [6.45, 7) is 1.93. The molecule has 0 saturated heterocycles. The highest BCUT2D eigenvalue weighted by Crippen LogP contribution is 2.21.